The zero-order valence-corrected chi connectivity index (χ0v) is 16.8. The number of para-hydroxylation sites is 1. The van der Waals surface area contributed by atoms with Gasteiger partial charge >= 0.3 is 5.69 Å². The van der Waals surface area contributed by atoms with Crippen LogP contribution in [0.5, 0.6) is 5.75 Å². The molecule has 2 aromatic carbocycles. The molecule has 2 heterocycles. The van der Waals surface area contributed by atoms with Gasteiger partial charge in [0.1, 0.15) is 23.3 Å². The van der Waals surface area contributed by atoms with Crippen LogP contribution in [0.3, 0.4) is 0 Å². The van der Waals surface area contributed by atoms with Gasteiger partial charge in [-0.2, -0.15) is 5.10 Å². The van der Waals surface area contributed by atoms with Crippen LogP contribution in [0.25, 0.3) is 16.9 Å². The fourth-order valence-corrected chi connectivity index (χ4v) is 3.41. The van der Waals surface area contributed by atoms with Crippen LogP contribution in [0.4, 0.5) is 11.4 Å². The smallest absolute Gasteiger partial charge is 0.301 e. The Morgan fingerprint density at radius 1 is 1.16 bits per heavy atom. The average molecular weight is 441 g/mol. The number of methoxy groups -OCH3 is 1. The minimum atomic E-state index is -0.690. The van der Waals surface area contributed by atoms with Crippen LogP contribution in [0.2, 0.25) is 0 Å². The molecule has 0 amide bonds. The van der Waals surface area contributed by atoms with Crippen molar-refractivity contribution in [1.29, 1.82) is 0 Å². The van der Waals surface area contributed by atoms with Gasteiger partial charge in [0.15, 0.2) is 5.11 Å². The van der Waals surface area contributed by atoms with E-state index in [1.165, 1.54) is 23.9 Å². The summed E-state index contributed by atoms with van der Waals surface area (Å²) in [6, 6.07) is 10.6. The lowest BCUT2D eigenvalue weighted by Crippen LogP contribution is -2.26. The second-order valence-electron chi connectivity index (χ2n) is 6.44. The Hall–Kier alpha value is -4.10. The summed E-state index contributed by atoms with van der Waals surface area (Å²) in [6.45, 7) is 0. The highest BCUT2D eigenvalue weighted by atomic mass is 32.1. The van der Waals surface area contributed by atoms with Gasteiger partial charge in [-0.3, -0.25) is 25.7 Å². The summed E-state index contributed by atoms with van der Waals surface area (Å²) in [6.07, 6.45) is 1.12. The molecule has 0 bridgehead atoms. The highest BCUT2D eigenvalue weighted by molar-refractivity contribution is 7.80. The summed E-state index contributed by atoms with van der Waals surface area (Å²) in [4.78, 5) is 21.3. The van der Waals surface area contributed by atoms with E-state index in [1.807, 2.05) is 12.1 Å². The molecule has 3 N–H and O–H groups in total. The van der Waals surface area contributed by atoms with Gasteiger partial charge in [0, 0.05) is 23.4 Å². The number of thiocarbonyl (C=S) groups is 1. The van der Waals surface area contributed by atoms with Gasteiger partial charge in [-0.1, -0.05) is 12.1 Å². The summed E-state index contributed by atoms with van der Waals surface area (Å²) in [5.41, 5.74) is 6.78. The monoisotopic (exact) mass is 441 g/mol. The molecule has 158 valence electrons. The van der Waals surface area contributed by atoms with E-state index in [0.29, 0.717) is 27.7 Å². The number of non-ortho nitro benzene ring substituents is 1. The molecule has 0 saturated carbocycles. The maximum absolute atomic E-state index is 11.6. The van der Waals surface area contributed by atoms with Gasteiger partial charge in [-0.15, -0.1) is 0 Å². The maximum Gasteiger partial charge on any atom is 0.301 e. The van der Waals surface area contributed by atoms with Crippen molar-refractivity contribution in [3.8, 4) is 22.7 Å². The fourth-order valence-electron chi connectivity index (χ4n) is 3.23. The summed E-state index contributed by atoms with van der Waals surface area (Å²) in [5.74, 6) is 0.556. The van der Waals surface area contributed by atoms with Crippen LogP contribution in [0, 0.1) is 20.2 Å². The van der Waals surface area contributed by atoms with E-state index in [4.69, 9.17) is 17.0 Å². The van der Waals surface area contributed by atoms with Crippen molar-refractivity contribution in [2.45, 2.75) is 6.17 Å². The Morgan fingerprint density at radius 2 is 1.94 bits per heavy atom. The molecule has 3 aromatic rings. The molecule has 1 fully saturated rings. The average Bonchev–Trinajstić information content (AvgIpc) is 3.39. The number of nitro benzene ring substituents is 2. The van der Waals surface area contributed by atoms with E-state index < -0.39 is 21.7 Å². The van der Waals surface area contributed by atoms with Crippen LogP contribution in [0.15, 0.2) is 48.7 Å². The zero-order valence-electron chi connectivity index (χ0n) is 15.9. The number of nitro groups is 2. The number of ether oxygens (including phenoxy) is 1. The van der Waals surface area contributed by atoms with E-state index in [2.05, 4.69) is 21.3 Å². The van der Waals surface area contributed by atoms with Crippen molar-refractivity contribution in [1.82, 2.24) is 25.9 Å². The van der Waals surface area contributed by atoms with Crippen molar-refractivity contribution >= 4 is 28.7 Å². The number of nitrogens with one attached hydrogen (secondary N) is 3. The molecule has 1 unspecified atom stereocenters. The van der Waals surface area contributed by atoms with Crippen molar-refractivity contribution in [3.63, 3.8) is 0 Å². The molecule has 1 atom stereocenters. The molecule has 0 radical (unpaired) electrons. The molecule has 1 aliphatic rings. The fraction of sp³-hybridized carbons (Fsp3) is 0.111. The van der Waals surface area contributed by atoms with Crippen molar-refractivity contribution in [2.24, 2.45) is 0 Å². The molecular weight excluding hydrogens is 426 g/mol. The van der Waals surface area contributed by atoms with E-state index in [0.717, 1.165) is 6.07 Å². The van der Waals surface area contributed by atoms with Crippen molar-refractivity contribution in [2.75, 3.05) is 7.11 Å². The Balaban J connectivity index is 1.91. The third-order valence-electron chi connectivity index (χ3n) is 4.63. The Bertz CT molecular complexity index is 1210. The minimum Gasteiger partial charge on any atom is -0.496 e. The third-order valence-corrected chi connectivity index (χ3v) is 4.85. The lowest BCUT2D eigenvalue weighted by atomic mass is 10.1. The maximum atomic E-state index is 11.6. The van der Waals surface area contributed by atoms with E-state index in [1.54, 1.807) is 18.3 Å². The number of hydrazine groups is 1. The lowest BCUT2D eigenvalue weighted by molar-refractivity contribution is -0.394. The van der Waals surface area contributed by atoms with Gasteiger partial charge in [0.25, 0.3) is 5.69 Å². The molecule has 12 nitrogen and oxygen atoms in total. The second-order valence-corrected chi connectivity index (χ2v) is 6.85. The first-order chi connectivity index (χ1) is 14.9. The quantitative estimate of drug-likeness (QED) is 0.295. The standard InChI is InChI=1S/C18H15N7O5S/c1-30-15-5-3-2-4-11(15)16-12(17-19-18(31)21-20-17)9-23(22-16)13-7-6-10(24(26)27)8-14(13)25(28)29/h2-9,17,20H,1H3,(H2,19,21,31). The highest BCUT2D eigenvalue weighted by Gasteiger charge is 2.28. The van der Waals surface area contributed by atoms with Crippen LogP contribution < -0.4 is 20.9 Å². The van der Waals surface area contributed by atoms with Gasteiger partial charge in [-0.25, -0.2) is 10.1 Å². The predicted molar refractivity (Wildman–Crippen MR) is 114 cm³/mol. The Morgan fingerprint density at radius 3 is 2.58 bits per heavy atom. The van der Waals surface area contributed by atoms with Gasteiger partial charge in [0.2, 0.25) is 0 Å². The summed E-state index contributed by atoms with van der Waals surface area (Å²) >= 11 is 5.11. The van der Waals surface area contributed by atoms with Gasteiger partial charge < -0.3 is 10.1 Å². The van der Waals surface area contributed by atoms with Crippen LogP contribution >= 0.6 is 12.2 Å². The third kappa shape index (κ3) is 3.74. The number of nitrogens with zero attached hydrogens (tertiary/aromatic N) is 4. The number of benzene rings is 2. The van der Waals surface area contributed by atoms with Gasteiger partial charge in [-0.05, 0) is 30.4 Å². The van der Waals surface area contributed by atoms with Crippen molar-refractivity contribution in [3.05, 3.63) is 74.5 Å². The van der Waals surface area contributed by atoms with Crippen LogP contribution in [-0.2, 0) is 0 Å². The number of hydrogen-bond acceptors (Lipinski definition) is 8. The summed E-state index contributed by atoms with van der Waals surface area (Å²) < 4.78 is 6.75. The van der Waals surface area contributed by atoms with E-state index in [-0.39, 0.29) is 11.4 Å². The number of rotatable bonds is 6. The Kier molecular flexibility index (Phi) is 5.19. The lowest BCUT2D eigenvalue weighted by Gasteiger charge is -2.11. The number of hydrogen-bond donors (Lipinski definition) is 3. The first-order valence-corrected chi connectivity index (χ1v) is 9.28. The molecular formula is C18H15N7O5S. The molecule has 0 aliphatic carbocycles. The first-order valence-electron chi connectivity index (χ1n) is 8.87. The SMILES string of the molecule is COc1ccccc1-c1nn(-c2ccc([N+](=O)[O-])cc2[N+](=O)[O-])cc1C1NNC(=S)N1. The molecule has 1 aliphatic heterocycles. The predicted octanol–water partition coefficient (Wildman–Crippen LogP) is 2.35. The molecule has 1 aromatic heterocycles. The van der Waals surface area contributed by atoms with Gasteiger partial charge in [0.05, 0.1) is 23.0 Å². The normalized spacial score (nSPS) is 15.3. The molecule has 4 rings (SSSR count). The Labute approximate surface area is 180 Å². The van der Waals surface area contributed by atoms with E-state index >= 15 is 0 Å². The second kappa shape index (κ2) is 7.97. The minimum absolute atomic E-state index is 0.0755. The summed E-state index contributed by atoms with van der Waals surface area (Å²) in [5, 5.41) is 30.6. The van der Waals surface area contributed by atoms with E-state index in [9.17, 15) is 20.2 Å². The van der Waals surface area contributed by atoms with Crippen molar-refractivity contribution < 1.29 is 14.6 Å². The largest absolute Gasteiger partial charge is 0.496 e. The summed E-state index contributed by atoms with van der Waals surface area (Å²) in [7, 11) is 1.53. The van der Waals surface area contributed by atoms with Crippen LogP contribution in [-0.4, -0.2) is 31.8 Å². The molecule has 0 spiro atoms. The first kappa shape index (κ1) is 20.2. The molecule has 13 heteroatoms. The number of aromatic nitrogens is 2. The topological polar surface area (TPSA) is 149 Å². The zero-order chi connectivity index (χ0) is 22.1. The molecule has 31 heavy (non-hydrogen) atoms. The molecule has 1 saturated heterocycles. The highest BCUT2D eigenvalue weighted by Crippen LogP contribution is 2.36. The van der Waals surface area contributed by atoms with Crippen LogP contribution in [0.1, 0.15) is 11.7 Å².